The number of primary amides is 1. The third-order valence-electron chi connectivity index (χ3n) is 10.7. The van der Waals surface area contributed by atoms with E-state index in [4.69, 9.17) is 11.5 Å². The average molecular weight is 843 g/mol. The highest BCUT2D eigenvalue weighted by Crippen LogP contribution is 2.23. The maximum Gasteiger partial charge on any atom is 0.328 e. The van der Waals surface area contributed by atoms with Crippen LogP contribution < -0.4 is 43.4 Å². The van der Waals surface area contributed by atoms with Crippen LogP contribution in [0.4, 0.5) is 0 Å². The van der Waals surface area contributed by atoms with Gasteiger partial charge in [-0.05, 0) is 83.0 Å². The van der Waals surface area contributed by atoms with E-state index in [1.165, 1.54) is 11.8 Å². The molecule has 2 fully saturated rings. The number of carboxylic acid groups (broad SMARTS) is 1. The second kappa shape index (κ2) is 22.7. The topological polar surface area (TPSA) is 340 Å². The fourth-order valence-electron chi connectivity index (χ4n) is 7.37. The van der Waals surface area contributed by atoms with Gasteiger partial charge in [0.1, 0.15) is 36.3 Å². The van der Waals surface area contributed by atoms with Crippen LogP contribution in [0.5, 0.6) is 0 Å². The summed E-state index contributed by atoms with van der Waals surface area (Å²) in [5.41, 5.74) is 12.4. The number of hydrogen-bond donors (Lipinski definition) is 12. The Morgan fingerprint density at radius 1 is 0.850 bits per heavy atom. The Bertz CT molecular complexity index is 1850. The highest BCUT2D eigenvalue weighted by molar-refractivity contribution is 5.98. The molecule has 21 nitrogen and oxygen atoms in total. The lowest BCUT2D eigenvalue weighted by Crippen LogP contribution is -2.61. The third-order valence-corrected chi connectivity index (χ3v) is 10.7. The van der Waals surface area contributed by atoms with E-state index in [0.717, 1.165) is 17.3 Å². The van der Waals surface area contributed by atoms with E-state index in [0.29, 0.717) is 37.8 Å². The van der Waals surface area contributed by atoms with Gasteiger partial charge in [0.2, 0.25) is 41.4 Å². The first-order valence-corrected chi connectivity index (χ1v) is 20.3. The number of likely N-dealkylation sites (tertiary alicyclic amines) is 1. The van der Waals surface area contributed by atoms with E-state index in [9.17, 15) is 53.7 Å². The number of nitrogens with zero attached hydrogens (tertiary/aromatic N) is 1. The number of aliphatic hydroxyl groups is 2. The average Bonchev–Trinajstić information content (AvgIpc) is 4.01. The van der Waals surface area contributed by atoms with Crippen molar-refractivity contribution in [2.24, 2.45) is 11.5 Å². The molecular formula is C39H58N10O11. The zero-order valence-electron chi connectivity index (χ0n) is 33.6. The van der Waals surface area contributed by atoms with E-state index < -0.39 is 102 Å². The van der Waals surface area contributed by atoms with Crippen molar-refractivity contribution in [3.63, 3.8) is 0 Å². The van der Waals surface area contributed by atoms with Crippen LogP contribution in [-0.2, 0) is 44.8 Å². The molecule has 1 aromatic carbocycles. The van der Waals surface area contributed by atoms with E-state index in [-0.39, 0.29) is 45.2 Å². The number of unbranched alkanes of at least 4 members (excludes halogenated alkanes) is 1. The minimum absolute atomic E-state index is 0.0224. The van der Waals surface area contributed by atoms with Crippen molar-refractivity contribution < 1.29 is 53.7 Å². The number of carbonyl (C=O) groups excluding carboxylic acids is 7. The van der Waals surface area contributed by atoms with E-state index in [1.807, 2.05) is 24.3 Å². The lowest BCUT2D eigenvalue weighted by molar-refractivity contribution is -0.143. The number of aliphatic hydroxyl groups excluding tert-OH is 2. The number of benzene rings is 1. The van der Waals surface area contributed by atoms with Crippen LogP contribution in [0.2, 0.25) is 0 Å². The van der Waals surface area contributed by atoms with Crippen LogP contribution in [0.15, 0.2) is 30.5 Å². The molecule has 0 radical (unpaired) electrons. The minimum Gasteiger partial charge on any atom is -0.480 e. The molecular weight excluding hydrogens is 784 g/mol. The SMILES string of the molecule is C[C@@H](O)[C@H](NC(=O)[C@@H]1CCCN1)C(=O)N[C@@H](Cc1c[nH]c2ccccc12)C(=O)N1CCC[C@H]1C(=O)N[C@@H](CCC(N)=O)C(=O)N[C@@H](CCCCN)C(=O)N[C@@H](CO)C(=O)O. The van der Waals surface area contributed by atoms with E-state index >= 15 is 0 Å². The number of para-hydroxylation sites is 1. The molecule has 2 aromatic rings. The van der Waals surface area contributed by atoms with Crippen molar-refractivity contribution in [3.05, 3.63) is 36.0 Å². The number of hydrogen-bond acceptors (Lipinski definition) is 12. The summed E-state index contributed by atoms with van der Waals surface area (Å²) in [6.45, 7) is 1.41. The first kappa shape index (κ1) is 47.0. The Hall–Kier alpha value is -5.64. The number of nitrogens with one attached hydrogen (secondary N) is 7. The van der Waals surface area contributed by atoms with Crippen molar-refractivity contribution in [3.8, 4) is 0 Å². The van der Waals surface area contributed by atoms with Crippen LogP contribution in [-0.4, -0.2) is 147 Å². The molecule has 4 rings (SSSR count). The normalized spacial score (nSPS) is 19.3. The molecule has 0 aliphatic carbocycles. The van der Waals surface area contributed by atoms with Crippen molar-refractivity contribution in [1.29, 1.82) is 0 Å². The number of carboxylic acids is 1. The van der Waals surface area contributed by atoms with Gasteiger partial charge in [0, 0.05) is 36.5 Å². The Kier molecular flexibility index (Phi) is 17.8. The van der Waals surface area contributed by atoms with Crippen LogP contribution in [0.3, 0.4) is 0 Å². The number of carbonyl (C=O) groups is 8. The summed E-state index contributed by atoms with van der Waals surface area (Å²) in [6.07, 6.45) is 2.36. The smallest absolute Gasteiger partial charge is 0.328 e. The summed E-state index contributed by atoms with van der Waals surface area (Å²) in [5.74, 6) is -6.81. The van der Waals surface area contributed by atoms with Crippen LogP contribution in [0.25, 0.3) is 10.9 Å². The Morgan fingerprint density at radius 3 is 2.17 bits per heavy atom. The first-order chi connectivity index (χ1) is 28.6. The molecule has 7 amide bonds. The maximum atomic E-state index is 14.5. The number of amides is 7. The maximum absolute atomic E-state index is 14.5. The molecule has 3 heterocycles. The Labute approximate surface area is 346 Å². The van der Waals surface area contributed by atoms with Gasteiger partial charge in [-0.2, -0.15) is 0 Å². The number of rotatable bonds is 23. The summed E-state index contributed by atoms with van der Waals surface area (Å²) in [4.78, 5) is 110. The Morgan fingerprint density at radius 2 is 1.53 bits per heavy atom. The standard InChI is InChI=1S/C39H58N10O11/c1-21(51)32(48-33(53)25-11-6-16-42-25)37(57)46-28(18-22-19-43-24-9-3-2-8-23(22)24)38(58)49-17-7-12-30(49)36(56)45-27(13-14-31(41)52)35(55)44-26(10-4-5-15-40)34(54)47-29(20-50)39(59)60/h2-3,8-9,19,21,25-30,32,42-43,50-51H,4-7,10-18,20,40H2,1H3,(H2,41,52)(H,44,55)(H,45,56)(H,46,57)(H,47,54)(H,48,53)(H,59,60)/t21-,25+,26+,27+,28+,29+,30+,32+/m1/s1. The monoisotopic (exact) mass is 842 g/mol. The fourth-order valence-corrected chi connectivity index (χ4v) is 7.37. The van der Waals surface area contributed by atoms with Gasteiger partial charge in [-0.3, -0.25) is 33.6 Å². The Balaban J connectivity index is 1.56. The van der Waals surface area contributed by atoms with Crippen LogP contribution in [0, 0.1) is 0 Å². The summed E-state index contributed by atoms with van der Waals surface area (Å²) in [6, 6.07) is -1.48. The molecule has 0 saturated carbocycles. The molecule has 0 spiro atoms. The van der Waals surface area contributed by atoms with Crippen LogP contribution >= 0.6 is 0 Å². The van der Waals surface area contributed by atoms with Gasteiger partial charge < -0.3 is 68.6 Å². The minimum atomic E-state index is -1.65. The summed E-state index contributed by atoms with van der Waals surface area (Å²) >= 11 is 0. The summed E-state index contributed by atoms with van der Waals surface area (Å²) in [7, 11) is 0. The van der Waals surface area contributed by atoms with Gasteiger partial charge in [-0.25, -0.2) is 4.79 Å². The van der Waals surface area contributed by atoms with Gasteiger partial charge in [-0.15, -0.1) is 0 Å². The molecule has 2 aliphatic rings. The summed E-state index contributed by atoms with van der Waals surface area (Å²) < 4.78 is 0. The highest BCUT2D eigenvalue weighted by atomic mass is 16.4. The fraction of sp³-hybridized carbons (Fsp3) is 0.590. The van der Waals surface area contributed by atoms with E-state index in [1.54, 1.807) is 6.20 Å². The molecule has 0 bridgehead atoms. The zero-order chi connectivity index (χ0) is 43.9. The predicted molar refractivity (Wildman–Crippen MR) is 215 cm³/mol. The lowest BCUT2D eigenvalue weighted by atomic mass is 10.0. The van der Waals surface area contributed by atoms with Gasteiger partial charge in [0.05, 0.1) is 18.8 Å². The number of aliphatic carboxylic acids is 1. The number of H-pyrrole nitrogens is 1. The van der Waals surface area contributed by atoms with Crippen molar-refractivity contribution in [2.45, 2.75) is 120 Å². The largest absolute Gasteiger partial charge is 0.480 e. The summed E-state index contributed by atoms with van der Waals surface area (Å²) in [5, 5.41) is 45.8. The van der Waals surface area contributed by atoms with E-state index in [2.05, 4.69) is 36.9 Å². The van der Waals surface area contributed by atoms with Crippen LogP contribution in [0.1, 0.15) is 70.3 Å². The quantitative estimate of drug-likeness (QED) is 0.0490. The molecule has 330 valence electrons. The van der Waals surface area contributed by atoms with Gasteiger partial charge in [0.25, 0.3) is 0 Å². The molecule has 2 aliphatic heterocycles. The number of aromatic nitrogens is 1. The lowest BCUT2D eigenvalue weighted by Gasteiger charge is -2.31. The van der Waals surface area contributed by atoms with Crippen molar-refractivity contribution in [2.75, 3.05) is 26.2 Å². The zero-order valence-corrected chi connectivity index (χ0v) is 33.6. The first-order valence-electron chi connectivity index (χ1n) is 20.3. The number of fused-ring (bicyclic) bond motifs is 1. The molecule has 8 atom stereocenters. The second-order valence-corrected chi connectivity index (χ2v) is 15.2. The molecule has 1 aromatic heterocycles. The number of nitrogens with two attached hydrogens (primary N) is 2. The highest BCUT2D eigenvalue weighted by Gasteiger charge is 2.41. The molecule has 0 unspecified atom stereocenters. The molecule has 21 heteroatoms. The van der Waals surface area contributed by atoms with Gasteiger partial charge in [-0.1, -0.05) is 18.2 Å². The van der Waals surface area contributed by atoms with Gasteiger partial charge in [0.15, 0.2) is 0 Å². The molecule has 14 N–H and O–H groups in total. The van der Waals surface area contributed by atoms with Crippen molar-refractivity contribution in [1.82, 2.24) is 41.8 Å². The van der Waals surface area contributed by atoms with Gasteiger partial charge >= 0.3 is 5.97 Å². The third kappa shape index (κ3) is 12.9. The number of aromatic amines is 1. The second-order valence-electron chi connectivity index (χ2n) is 15.2. The van der Waals surface area contributed by atoms with Crippen molar-refractivity contribution >= 4 is 58.2 Å². The molecule has 2 saturated heterocycles. The molecule has 60 heavy (non-hydrogen) atoms. The predicted octanol–water partition coefficient (Wildman–Crippen LogP) is -3.27.